The summed E-state index contributed by atoms with van der Waals surface area (Å²) in [6.07, 6.45) is 4.53. The van der Waals surface area contributed by atoms with Crippen LogP contribution >= 0.6 is 18.5 Å². The maximum atomic E-state index is 3.34. The first-order valence-corrected chi connectivity index (χ1v) is 12.8. The molecular weight excluding hydrogens is 422 g/mol. The smallest absolute Gasteiger partial charge is 0.0480 e. The van der Waals surface area contributed by atoms with E-state index in [2.05, 4.69) is 140 Å². The summed E-state index contributed by atoms with van der Waals surface area (Å²) in [4.78, 5) is 0. The Bertz CT molecular complexity index is 998. The monoisotopic (exact) mass is 454 g/mol. The van der Waals surface area contributed by atoms with E-state index in [0.29, 0.717) is 0 Å². The summed E-state index contributed by atoms with van der Waals surface area (Å²) in [6, 6.07) is 44.3. The molecule has 0 aliphatic rings. The molecule has 0 saturated carbocycles. The van der Waals surface area contributed by atoms with Gasteiger partial charge in [-0.2, -0.15) is 0 Å². The van der Waals surface area contributed by atoms with Crippen LogP contribution in [-0.2, 0) is 10.6 Å². The van der Waals surface area contributed by atoms with Crippen molar-refractivity contribution < 1.29 is 0 Å². The van der Waals surface area contributed by atoms with Crippen molar-refractivity contribution in [2.24, 2.45) is 0 Å². The third-order valence-corrected chi connectivity index (χ3v) is 8.24. The Morgan fingerprint density at radius 2 is 0.812 bits per heavy atom. The van der Waals surface area contributed by atoms with Crippen molar-refractivity contribution in [3.63, 3.8) is 0 Å². The molecule has 0 nitrogen and oxygen atoms in total. The van der Waals surface area contributed by atoms with Crippen molar-refractivity contribution in [1.82, 2.24) is 0 Å². The van der Waals surface area contributed by atoms with E-state index < -0.39 is 0 Å². The van der Waals surface area contributed by atoms with E-state index in [1.165, 1.54) is 28.7 Å². The molecule has 4 aromatic carbocycles. The minimum absolute atomic E-state index is 0.247. The lowest BCUT2D eigenvalue weighted by Gasteiger charge is -2.51. The van der Waals surface area contributed by atoms with Crippen molar-refractivity contribution >= 4 is 18.5 Å². The van der Waals surface area contributed by atoms with Crippen molar-refractivity contribution in [3.05, 3.63) is 144 Å². The van der Waals surface area contributed by atoms with Crippen molar-refractivity contribution in [2.45, 2.75) is 29.8 Å². The van der Waals surface area contributed by atoms with Gasteiger partial charge >= 0.3 is 0 Å². The molecule has 162 valence electrons. The zero-order valence-corrected chi connectivity index (χ0v) is 20.8. The van der Waals surface area contributed by atoms with E-state index >= 15 is 0 Å². The lowest BCUT2D eigenvalue weighted by atomic mass is 9.58. The van der Waals surface area contributed by atoms with Crippen LogP contribution in [0.25, 0.3) is 0 Å². The predicted molar refractivity (Wildman–Crippen MR) is 145 cm³/mol. The van der Waals surface area contributed by atoms with E-state index in [1.54, 1.807) is 0 Å². The topological polar surface area (TPSA) is 0 Å². The normalized spacial score (nSPS) is 11.9. The van der Waals surface area contributed by atoms with Gasteiger partial charge in [0.25, 0.3) is 0 Å². The molecule has 0 aliphatic carbocycles. The number of benzene rings is 4. The van der Waals surface area contributed by atoms with Crippen LogP contribution in [0.1, 0.15) is 41.5 Å². The van der Waals surface area contributed by atoms with Gasteiger partial charge in [-0.15, -0.1) is 18.5 Å². The van der Waals surface area contributed by atoms with Gasteiger partial charge in [0.05, 0.1) is 0 Å². The molecule has 2 unspecified atom stereocenters. The lowest BCUT2D eigenvalue weighted by molar-refractivity contribution is 0.374. The fraction of sp³-hybridized carbons (Fsp3) is 0.200. The van der Waals surface area contributed by atoms with E-state index in [4.69, 9.17) is 0 Å². The highest BCUT2D eigenvalue weighted by molar-refractivity contribution is 7.19. The Balaban J connectivity index is 2.10. The minimum Gasteiger partial charge on any atom is -0.138 e. The lowest BCUT2D eigenvalue weighted by Crippen LogP contribution is -2.47. The maximum absolute atomic E-state index is 3.34. The van der Waals surface area contributed by atoms with Crippen molar-refractivity contribution in [3.8, 4) is 0 Å². The maximum Gasteiger partial charge on any atom is 0.0480 e. The van der Waals surface area contributed by atoms with Gasteiger partial charge in [0, 0.05) is 10.6 Å². The van der Waals surface area contributed by atoms with Gasteiger partial charge in [-0.1, -0.05) is 128 Å². The van der Waals surface area contributed by atoms with Gasteiger partial charge in [-0.05, 0) is 41.3 Å². The molecule has 0 saturated heterocycles. The van der Waals surface area contributed by atoms with Crippen LogP contribution in [0.3, 0.4) is 0 Å². The molecular formula is C30H32P2. The van der Waals surface area contributed by atoms with Crippen LogP contribution in [0.5, 0.6) is 0 Å². The SMILES string of the molecule is PCCCCC(c1ccccc1)(c1ccccc1)C(P)(c1ccccc1)c1ccccc1. The molecule has 0 aromatic heterocycles. The zero-order chi connectivity index (χ0) is 22.3. The van der Waals surface area contributed by atoms with Gasteiger partial charge in [0.1, 0.15) is 0 Å². The molecule has 0 amide bonds. The van der Waals surface area contributed by atoms with E-state index in [1.807, 2.05) is 0 Å². The van der Waals surface area contributed by atoms with Crippen molar-refractivity contribution in [1.29, 1.82) is 0 Å². The standard InChI is InChI=1S/C30H32P2/c31-24-14-13-23-29(25-15-5-1-6-16-25,26-17-7-2-8-18-26)30(32,27-19-9-3-10-20-27)28-21-11-4-12-22-28/h1-12,15-22H,13-14,23-24,31-32H2. The Kier molecular flexibility index (Phi) is 7.57. The second-order valence-corrected chi connectivity index (χ2v) is 9.87. The summed E-state index contributed by atoms with van der Waals surface area (Å²) in [5.74, 6) is 0. The molecule has 0 aliphatic heterocycles. The summed E-state index contributed by atoms with van der Waals surface area (Å²) in [5, 5.41) is -0.334. The number of rotatable bonds is 9. The number of hydrogen-bond acceptors (Lipinski definition) is 0. The van der Waals surface area contributed by atoms with Gasteiger partial charge < -0.3 is 0 Å². The first-order chi connectivity index (χ1) is 15.7. The summed E-state index contributed by atoms with van der Waals surface area (Å²) >= 11 is 0. The molecule has 4 aromatic rings. The minimum atomic E-state index is -0.334. The fourth-order valence-corrected chi connectivity index (χ4v) is 6.30. The van der Waals surface area contributed by atoms with Gasteiger partial charge in [-0.3, -0.25) is 0 Å². The van der Waals surface area contributed by atoms with Crippen LogP contribution in [-0.4, -0.2) is 6.16 Å². The molecule has 0 bridgehead atoms. The summed E-state index contributed by atoms with van der Waals surface area (Å²) in [6.45, 7) is 0. The van der Waals surface area contributed by atoms with Crippen LogP contribution < -0.4 is 0 Å². The Labute approximate surface area is 197 Å². The quantitative estimate of drug-likeness (QED) is 0.179. The Morgan fingerprint density at radius 1 is 0.469 bits per heavy atom. The molecule has 4 rings (SSSR count). The third-order valence-electron chi connectivity index (χ3n) is 6.67. The Morgan fingerprint density at radius 3 is 1.16 bits per heavy atom. The molecule has 2 heteroatoms. The van der Waals surface area contributed by atoms with Crippen LogP contribution in [0.2, 0.25) is 0 Å². The van der Waals surface area contributed by atoms with Crippen LogP contribution in [0.15, 0.2) is 121 Å². The van der Waals surface area contributed by atoms with Gasteiger partial charge in [0.15, 0.2) is 0 Å². The van der Waals surface area contributed by atoms with E-state index in [9.17, 15) is 0 Å². The van der Waals surface area contributed by atoms with Crippen LogP contribution in [0.4, 0.5) is 0 Å². The first-order valence-electron chi connectivity index (χ1n) is 11.4. The molecule has 0 heterocycles. The largest absolute Gasteiger partial charge is 0.138 e. The summed E-state index contributed by atoms with van der Waals surface area (Å²) in [5.41, 5.74) is 5.10. The highest BCUT2D eigenvalue weighted by atomic mass is 31.0. The molecule has 32 heavy (non-hydrogen) atoms. The predicted octanol–water partition coefficient (Wildman–Crippen LogP) is 7.84. The first kappa shape index (κ1) is 22.9. The fourth-order valence-electron chi connectivity index (χ4n) is 5.15. The average molecular weight is 455 g/mol. The summed E-state index contributed by atoms with van der Waals surface area (Å²) < 4.78 is 0. The third kappa shape index (κ3) is 4.20. The Hall–Kier alpha value is -2.26. The highest BCUT2D eigenvalue weighted by Crippen LogP contribution is 2.59. The zero-order valence-electron chi connectivity index (χ0n) is 18.5. The molecule has 0 radical (unpaired) electrons. The second-order valence-electron chi connectivity index (χ2n) is 8.42. The average Bonchev–Trinajstić information content (AvgIpc) is 2.88. The molecule has 2 atom stereocenters. The highest BCUT2D eigenvalue weighted by Gasteiger charge is 2.52. The van der Waals surface area contributed by atoms with Gasteiger partial charge in [0.2, 0.25) is 0 Å². The molecule has 0 fully saturated rings. The number of unbranched alkanes of at least 4 members (excludes halogenated alkanes) is 1. The van der Waals surface area contributed by atoms with E-state index in [-0.39, 0.29) is 10.6 Å². The molecule has 0 spiro atoms. The van der Waals surface area contributed by atoms with Crippen LogP contribution in [0, 0.1) is 0 Å². The summed E-state index contributed by atoms with van der Waals surface area (Å²) in [7, 11) is 6.24. The number of hydrogen-bond donors (Lipinski definition) is 0. The van der Waals surface area contributed by atoms with Gasteiger partial charge in [-0.25, -0.2) is 0 Å². The van der Waals surface area contributed by atoms with E-state index in [0.717, 1.165) is 19.0 Å². The molecule has 0 N–H and O–H groups in total. The van der Waals surface area contributed by atoms with Crippen molar-refractivity contribution in [2.75, 3.05) is 6.16 Å². The second kappa shape index (κ2) is 10.6.